The number of piperazine rings is 1. The van der Waals surface area contributed by atoms with Gasteiger partial charge in [-0.15, -0.1) is 0 Å². The molecule has 98 valence electrons. The minimum absolute atomic E-state index is 0.169. The van der Waals surface area contributed by atoms with Gasteiger partial charge in [0.2, 0.25) is 5.56 Å². The Kier molecular flexibility index (Phi) is 4.38. The molecule has 0 aromatic heterocycles. The largest absolute Gasteiger partial charge is 0.425 e. The van der Waals surface area contributed by atoms with E-state index in [1.54, 1.807) is 17.0 Å². The number of amides is 1. The summed E-state index contributed by atoms with van der Waals surface area (Å²) in [6, 6.07) is 5.98. The van der Waals surface area contributed by atoms with Crippen LogP contribution in [0.15, 0.2) is 24.3 Å². The van der Waals surface area contributed by atoms with Gasteiger partial charge in [-0.25, -0.2) is 9.18 Å². The van der Waals surface area contributed by atoms with Gasteiger partial charge in [-0.05, 0) is 6.07 Å². The molecule has 0 saturated carbocycles. The van der Waals surface area contributed by atoms with Crippen molar-refractivity contribution >= 4 is 17.7 Å². The molecule has 1 aliphatic rings. The first-order valence-electron chi connectivity index (χ1n) is 5.73. The molecule has 0 bridgehead atoms. The van der Waals surface area contributed by atoms with Crippen LogP contribution in [-0.4, -0.2) is 37.2 Å². The molecule has 6 heteroatoms. The summed E-state index contributed by atoms with van der Waals surface area (Å²) in [5.41, 5.74) is -0.934. The molecule has 2 rings (SSSR count). The molecule has 1 aromatic rings. The maximum atomic E-state index is 13.4. The van der Waals surface area contributed by atoms with Gasteiger partial charge < -0.3 is 15.0 Å². The topological polar surface area (TPSA) is 41.6 Å². The summed E-state index contributed by atoms with van der Waals surface area (Å²) in [6.07, 6.45) is -0.514. The van der Waals surface area contributed by atoms with E-state index in [9.17, 15) is 9.18 Å². The molecule has 1 aliphatic heterocycles. The monoisotopic (exact) mass is 272 g/mol. The van der Waals surface area contributed by atoms with Crippen LogP contribution in [0.2, 0.25) is 0 Å². The van der Waals surface area contributed by atoms with E-state index in [0.717, 1.165) is 13.1 Å². The van der Waals surface area contributed by atoms with Crippen LogP contribution < -0.4 is 5.32 Å². The molecule has 0 aliphatic carbocycles. The standard InChI is InChI=1S/C12H14ClFN2O2/c13-11(9-3-1-2-4-10(9)14)18-12(17)16-7-5-15-6-8-16/h1-4,11,15H,5-8H2. The van der Waals surface area contributed by atoms with E-state index in [1.165, 1.54) is 12.1 Å². The third kappa shape index (κ3) is 3.11. The summed E-state index contributed by atoms with van der Waals surface area (Å²) in [5.74, 6) is -0.481. The smallest absolute Gasteiger partial charge is 0.411 e. The third-order valence-electron chi connectivity index (χ3n) is 2.73. The zero-order chi connectivity index (χ0) is 13.0. The highest BCUT2D eigenvalue weighted by Gasteiger charge is 2.22. The van der Waals surface area contributed by atoms with E-state index >= 15 is 0 Å². The number of rotatable bonds is 2. The molecule has 1 aromatic carbocycles. The Bertz CT molecular complexity index is 424. The fraction of sp³-hybridized carbons (Fsp3) is 0.417. The van der Waals surface area contributed by atoms with Crippen molar-refractivity contribution < 1.29 is 13.9 Å². The Hall–Kier alpha value is -1.33. The van der Waals surface area contributed by atoms with Gasteiger partial charge in [0.15, 0.2) is 0 Å². The maximum Gasteiger partial charge on any atom is 0.411 e. The van der Waals surface area contributed by atoms with Crippen LogP contribution >= 0.6 is 11.6 Å². The molecular formula is C12H14ClFN2O2. The SMILES string of the molecule is O=C(OC(Cl)c1ccccc1F)N1CCNCC1. The lowest BCUT2D eigenvalue weighted by molar-refractivity contribution is 0.0856. The quantitative estimate of drug-likeness (QED) is 0.839. The highest BCUT2D eigenvalue weighted by atomic mass is 35.5. The van der Waals surface area contributed by atoms with E-state index in [1.807, 2.05) is 0 Å². The molecule has 0 spiro atoms. The lowest BCUT2D eigenvalue weighted by Crippen LogP contribution is -2.46. The zero-order valence-electron chi connectivity index (χ0n) is 9.73. The molecule has 1 amide bonds. The van der Waals surface area contributed by atoms with Gasteiger partial charge >= 0.3 is 6.09 Å². The molecule has 1 fully saturated rings. The molecule has 0 radical (unpaired) electrons. The van der Waals surface area contributed by atoms with Gasteiger partial charge in [-0.3, -0.25) is 0 Å². The van der Waals surface area contributed by atoms with E-state index in [0.29, 0.717) is 13.1 Å². The van der Waals surface area contributed by atoms with Crippen LogP contribution in [0.25, 0.3) is 0 Å². The Morgan fingerprint density at radius 2 is 2.06 bits per heavy atom. The van der Waals surface area contributed by atoms with Gasteiger partial charge in [-0.1, -0.05) is 29.8 Å². The second-order valence-corrected chi connectivity index (χ2v) is 4.35. The normalized spacial score (nSPS) is 17.3. The second-order valence-electron chi connectivity index (χ2n) is 3.96. The van der Waals surface area contributed by atoms with Crippen molar-refractivity contribution in [3.05, 3.63) is 35.6 Å². The fourth-order valence-corrected chi connectivity index (χ4v) is 1.99. The average Bonchev–Trinajstić information content (AvgIpc) is 2.40. The van der Waals surface area contributed by atoms with Crippen LogP contribution in [0.5, 0.6) is 0 Å². The van der Waals surface area contributed by atoms with E-state index < -0.39 is 17.5 Å². The van der Waals surface area contributed by atoms with E-state index in [-0.39, 0.29) is 5.56 Å². The van der Waals surface area contributed by atoms with Gasteiger partial charge in [0, 0.05) is 31.7 Å². The van der Waals surface area contributed by atoms with Gasteiger partial charge in [0.25, 0.3) is 0 Å². The van der Waals surface area contributed by atoms with Crippen molar-refractivity contribution in [2.45, 2.75) is 5.56 Å². The number of ether oxygens (including phenoxy) is 1. The second kappa shape index (κ2) is 6.02. The Morgan fingerprint density at radius 1 is 1.39 bits per heavy atom. The summed E-state index contributed by atoms with van der Waals surface area (Å²) in [5, 5.41) is 3.12. The Morgan fingerprint density at radius 3 is 2.72 bits per heavy atom. The van der Waals surface area contributed by atoms with Crippen molar-refractivity contribution in [1.29, 1.82) is 0 Å². The van der Waals surface area contributed by atoms with Crippen molar-refractivity contribution in [2.75, 3.05) is 26.2 Å². The summed E-state index contributed by atoms with van der Waals surface area (Å²) in [4.78, 5) is 13.3. The van der Waals surface area contributed by atoms with E-state index in [4.69, 9.17) is 16.3 Å². The fourth-order valence-electron chi connectivity index (χ4n) is 1.73. The molecule has 1 N–H and O–H groups in total. The van der Waals surface area contributed by atoms with Crippen LogP contribution in [0.1, 0.15) is 11.1 Å². The van der Waals surface area contributed by atoms with Gasteiger partial charge in [0.1, 0.15) is 5.82 Å². The molecule has 1 saturated heterocycles. The minimum atomic E-state index is -1.10. The summed E-state index contributed by atoms with van der Waals surface area (Å²) in [6.45, 7) is 2.59. The number of alkyl halides is 1. The first-order valence-corrected chi connectivity index (χ1v) is 6.17. The number of nitrogens with one attached hydrogen (secondary N) is 1. The lowest BCUT2D eigenvalue weighted by Gasteiger charge is -2.27. The van der Waals surface area contributed by atoms with Crippen LogP contribution in [-0.2, 0) is 4.74 Å². The first kappa shape index (κ1) is 13.1. The van der Waals surface area contributed by atoms with Crippen LogP contribution in [0, 0.1) is 5.82 Å². The average molecular weight is 273 g/mol. The molecular weight excluding hydrogens is 259 g/mol. The van der Waals surface area contributed by atoms with E-state index in [2.05, 4.69) is 5.32 Å². The van der Waals surface area contributed by atoms with Crippen molar-refractivity contribution in [1.82, 2.24) is 10.2 Å². The predicted octanol–water partition coefficient (Wildman–Crippen LogP) is 2.10. The number of halogens is 2. The molecule has 1 atom stereocenters. The minimum Gasteiger partial charge on any atom is -0.425 e. The number of carbonyl (C=O) groups excluding carboxylic acids is 1. The number of carbonyl (C=O) groups is 1. The number of benzene rings is 1. The zero-order valence-corrected chi connectivity index (χ0v) is 10.5. The lowest BCUT2D eigenvalue weighted by atomic mass is 10.2. The Balaban J connectivity index is 1.96. The summed E-state index contributed by atoms with van der Waals surface area (Å²) in [7, 11) is 0. The molecule has 1 heterocycles. The number of hydrogen-bond acceptors (Lipinski definition) is 3. The molecule has 18 heavy (non-hydrogen) atoms. The van der Waals surface area contributed by atoms with Gasteiger partial charge in [-0.2, -0.15) is 0 Å². The molecule has 1 unspecified atom stereocenters. The van der Waals surface area contributed by atoms with Crippen molar-refractivity contribution in [3.63, 3.8) is 0 Å². The molecule has 4 nitrogen and oxygen atoms in total. The Labute approximate surface area is 110 Å². The van der Waals surface area contributed by atoms with Crippen molar-refractivity contribution in [3.8, 4) is 0 Å². The number of nitrogens with zero attached hydrogens (tertiary/aromatic N) is 1. The first-order chi connectivity index (χ1) is 8.68. The van der Waals surface area contributed by atoms with Crippen molar-refractivity contribution in [2.24, 2.45) is 0 Å². The van der Waals surface area contributed by atoms with Gasteiger partial charge in [0.05, 0.1) is 0 Å². The maximum absolute atomic E-state index is 13.4. The summed E-state index contributed by atoms with van der Waals surface area (Å²) >= 11 is 5.90. The van der Waals surface area contributed by atoms with Crippen LogP contribution in [0.3, 0.4) is 0 Å². The summed E-state index contributed by atoms with van der Waals surface area (Å²) < 4.78 is 18.5. The highest BCUT2D eigenvalue weighted by molar-refractivity contribution is 6.20. The third-order valence-corrected chi connectivity index (χ3v) is 3.05. The predicted molar refractivity (Wildman–Crippen MR) is 65.9 cm³/mol. The number of hydrogen-bond donors (Lipinski definition) is 1. The van der Waals surface area contributed by atoms with Crippen LogP contribution in [0.4, 0.5) is 9.18 Å². The highest BCUT2D eigenvalue weighted by Crippen LogP contribution is 2.25.